The van der Waals surface area contributed by atoms with Crippen molar-refractivity contribution in [3.63, 3.8) is 0 Å². The van der Waals surface area contributed by atoms with Gasteiger partial charge in [-0.25, -0.2) is 4.79 Å². The fourth-order valence-corrected chi connectivity index (χ4v) is 9.06. The van der Waals surface area contributed by atoms with Gasteiger partial charge in [0.1, 0.15) is 13.2 Å². The highest BCUT2D eigenvalue weighted by atomic mass is 16.7. The third-order valence-electron chi connectivity index (χ3n) is 14.3. The van der Waals surface area contributed by atoms with Gasteiger partial charge in [-0.15, -0.1) is 0 Å². The molecule has 0 fully saturated rings. The SMILES string of the molecule is CC/C=C\C/C=C\C/C=C\C/C=C\C/C=C\C/C=C\C/C=C\C/C=C\C/C=C\CCCCCCCCCCCCCCCC(=O)OC(COC(=O)CCCCCCCCCC/C=C\C/C=C\C/C=C\C/C=C\CC)COC(OCC[N+](C)(C)C)C(=O)O. The maximum absolute atomic E-state index is 12.9. The first-order chi connectivity index (χ1) is 42.6. The van der Waals surface area contributed by atoms with E-state index in [1.54, 1.807) is 0 Å². The normalized spacial score (nSPS) is 13.7. The van der Waals surface area contributed by atoms with Crippen molar-refractivity contribution in [3.05, 3.63) is 158 Å². The lowest BCUT2D eigenvalue weighted by Gasteiger charge is -2.25. The second-order valence-corrected chi connectivity index (χ2v) is 23.7. The van der Waals surface area contributed by atoms with Gasteiger partial charge in [-0.2, -0.15) is 0 Å². The van der Waals surface area contributed by atoms with Crippen molar-refractivity contribution in [3.8, 4) is 0 Å². The number of hydrogen-bond acceptors (Lipinski definition) is 7. The van der Waals surface area contributed by atoms with E-state index < -0.39 is 24.3 Å². The maximum atomic E-state index is 12.9. The maximum Gasteiger partial charge on any atom is 0.361 e. The van der Waals surface area contributed by atoms with Gasteiger partial charge in [0, 0.05) is 12.8 Å². The van der Waals surface area contributed by atoms with Crippen LogP contribution >= 0.6 is 0 Å². The van der Waals surface area contributed by atoms with Crippen LogP contribution in [0.4, 0.5) is 0 Å². The first-order valence-corrected chi connectivity index (χ1v) is 34.6. The zero-order valence-corrected chi connectivity index (χ0v) is 56.1. The monoisotopic (exact) mass is 1210 g/mol. The van der Waals surface area contributed by atoms with Gasteiger partial charge in [-0.3, -0.25) is 9.59 Å². The number of ether oxygens (including phenoxy) is 4. The quantitative estimate of drug-likeness (QED) is 0.0211. The highest BCUT2D eigenvalue weighted by Gasteiger charge is 2.25. The molecule has 0 aromatic heterocycles. The largest absolute Gasteiger partial charge is 0.477 e. The summed E-state index contributed by atoms with van der Waals surface area (Å²) in [5, 5.41) is 9.74. The van der Waals surface area contributed by atoms with Crippen LogP contribution < -0.4 is 0 Å². The standard InChI is InChI=1S/C78H127NO8/c1-6-8-10-12-14-16-18-20-22-24-26-28-29-30-31-32-33-34-35-36-37-38-39-40-41-42-43-44-45-46-47-49-51-53-55-57-59-61-63-65-67-69-76(81)87-74(73-86-78(77(82)83)84-71-70-79(3,4)5)72-85-75(80)68-66-64-62-60-58-56-54-52-50-48-27-25-23-21-19-17-15-13-11-9-7-2/h8-11,14-17,20-23,26-28,30-31,33-34,36-37,39-40,42-43,48,74,78H,6-7,12-13,18-19,24-25,29,32,35,38,41,44-47,49-73H2,1-5H3/p+1/b10-8-,11-9-,16-14-,17-15-,22-20-,23-21-,28-26-,31-30-,34-33-,37-36-,40-39-,43-42-,48-27-. The molecule has 87 heavy (non-hydrogen) atoms. The summed E-state index contributed by atoms with van der Waals surface area (Å²) in [5.74, 6) is -2.03. The van der Waals surface area contributed by atoms with Crippen molar-refractivity contribution >= 4 is 17.9 Å². The summed E-state index contributed by atoms with van der Waals surface area (Å²) in [5.41, 5.74) is 0. The molecule has 0 aromatic rings. The van der Waals surface area contributed by atoms with Gasteiger partial charge in [0.2, 0.25) is 0 Å². The highest BCUT2D eigenvalue weighted by Crippen LogP contribution is 2.16. The van der Waals surface area contributed by atoms with Crippen molar-refractivity contribution in [2.75, 3.05) is 47.5 Å². The smallest absolute Gasteiger partial charge is 0.361 e. The van der Waals surface area contributed by atoms with Crippen LogP contribution in [-0.4, -0.2) is 87.4 Å². The minimum atomic E-state index is -1.52. The number of nitrogens with zero attached hydrogens (tertiary/aromatic N) is 1. The molecule has 0 bridgehead atoms. The van der Waals surface area contributed by atoms with E-state index in [9.17, 15) is 19.5 Å². The number of likely N-dealkylation sites (N-methyl/N-ethyl adjacent to an activating group) is 1. The summed E-state index contributed by atoms with van der Waals surface area (Å²) >= 11 is 0. The number of allylic oxidation sites excluding steroid dienone is 26. The zero-order chi connectivity index (χ0) is 63.3. The number of carbonyl (C=O) groups excluding carboxylic acids is 2. The number of quaternary nitrogens is 1. The van der Waals surface area contributed by atoms with Crippen LogP contribution in [-0.2, 0) is 33.3 Å². The molecule has 9 heteroatoms. The lowest BCUT2D eigenvalue weighted by atomic mass is 10.0. The van der Waals surface area contributed by atoms with Crippen LogP contribution in [0.5, 0.6) is 0 Å². The molecule has 0 saturated carbocycles. The van der Waals surface area contributed by atoms with Crippen molar-refractivity contribution in [1.29, 1.82) is 0 Å². The van der Waals surface area contributed by atoms with Gasteiger partial charge in [0.15, 0.2) is 6.10 Å². The first kappa shape index (κ1) is 81.9. The third kappa shape index (κ3) is 68.3. The fourth-order valence-electron chi connectivity index (χ4n) is 9.06. The Balaban J connectivity index is 4.13. The van der Waals surface area contributed by atoms with Crippen LogP contribution in [0.2, 0.25) is 0 Å². The summed E-state index contributed by atoms with van der Waals surface area (Å²) in [6, 6.07) is 0. The lowest BCUT2D eigenvalue weighted by Crippen LogP contribution is -2.40. The molecule has 0 radical (unpaired) electrons. The molecule has 1 N–H and O–H groups in total. The number of aliphatic carboxylic acids is 1. The molecule has 0 saturated heterocycles. The number of carbonyl (C=O) groups is 3. The summed E-state index contributed by atoms with van der Waals surface area (Å²) in [4.78, 5) is 37.6. The van der Waals surface area contributed by atoms with Crippen molar-refractivity contribution in [2.24, 2.45) is 0 Å². The number of rotatable bonds is 62. The van der Waals surface area contributed by atoms with Gasteiger partial charge in [0.05, 0.1) is 34.4 Å². The first-order valence-electron chi connectivity index (χ1n) is 34.6. The highest BCUT2D eigenvalue weighted by molar-refractivity contribution is 5.71. The van der Waals surface area contributed by atoms with Gasteiger partial charge in [0.25, 0.3) is 6.29 Å². The Kier molecular flexibility index (Phi) is 62.9. The van der Waals surface area contributed by atoms with E-state index in [-0.39, 0.29) is 38.6 Å². The van der Waals surface area contributed by atoms with Gasteiger partial charge in [-0.05, 0) is 122 Å². The van der Waals surface area contributed by atoms with E-state index in [0.717, 1.165) is 135 Å². The molecule has 0 aliphatic carbocycles. The molecule has 0 spiro atoms. The number of carboxylic acid groups (broad SMARTS) is 1. The number of unbranched alkanes of at least 4 members (excludes halogenated alkanes) is 21. The van der Waals surface area contributed by atoms with Crippen LogP contribution in [0, 0.1) is 0 Å². The number of hydrogen-bond donors (Lipinski definition) is 1. The molecule has 2 unspecified atom stereocenters. The topological polar surface area (TPSA) is 108 Å². The number of esters is 2. The Morgan fingerprint density at radius 1 is 0.345 bits per heavy atom. The molecule has 0 aliphatic rings. The molecule has 0 aromatic carbocycles. The molecule has 0 aliphatic heterocycles. The van der Waals surface area contributed by atoms with E-state index in [1.165, 1.54) is 89.9 Å². The zero-order valence-electron chi connectivity index (χ0n) is 56.1. The van der Waals surface area contributed by atoms with E-state index >= 15 is 0 Å². The predicted molar refractivity (Wildman–Crippen MR) is 373 cm³/mol. The summed E-state index contributed by atoms with van der Waals surface area (Å²) < 4.78 is 22.9. The fraction of sp³-hybridized carbons (Fsp3) is 0.628. The number of carboxylic acids is 1. The Bertz CT molecular complexity index is 1990. The molecule has 2 atom stereocenters. The second-order valence-electron chi connectivity index (χ2n) is 23.7. The van der Waals surface area contributed by atoms with E-state index in [4.69, 9.17) is 18.9 Å². The molecule has 0 rings (SSSR count). The molecule has 0 amide bonds. The average molecular weight is 1210 g/mol. The third-order valence-corrected chi connectivity index (χ3v) is 14.3. The Morgan fingerprint density at radius 2 is 0.621 bits per heavy atom. The van der Waals surface area contributed by atoms with Crippen molar-refractivity contribution in [2.45, 2.75) is 270 Å². The van der Waals surface area contributed by atoms with Crippen molar-refractivity contribution < 1.29 is 42.9 Å². The minimum Gasteiger partial charge on any atom is -0.477 e. The van der Waals surface area contributed by atoms with Crippen LogP contribution in [0.3, 0.4) is 0 Å². The molecule has 492 valence electrons. The van der Waals surface area contributed by atoms with E-state index in [2.05, 4.69) is 172 Å². The van der Waals surface area contributed by atoms with Crippen LogP contribution in [0.15, 0.2) is 158 Å². The molecular weight excluding hydrogens is 1080 g/mol. The van der Waals surface area contributed by atoms with Crippen molar-refractivity contribution in [1.82, 2.24) is 0 Å². The summed E-state index contributed by atoms with van der Waals surface area (Å²) in [6.45, 7) is 4.63. The summed E-state index contributed by atoms with van der Waals surface area (Å²) in [6.07, 6.45) is 96.3. The molecule has 9 nitrogen and oxygen atoms in total. The van der Waals surface area contributed by atoms with Crippen LogP contribution in [0.25, 0.3) is 0 Å². The van der Waals surface area contributed by atoms with Gasteiger partial charge >= 0.3 is 17.9 Å². The van der Waals surface area contributed by atoms with Gasteiger partial charge in [-0.1, -0.05) is 281 Å². The Morgan fingerprint density at radius 3 is 0.920 bits per heavy atom. The Hall–Kier alpha value is -5.09. The van der Waals surface area contributed by atoms with Crippen LogP contribution in [0.1, 0.15) is 258 Å². The molecular formula is C78H128NO8+. The van der Waals surface area contributed by atoms with E-state index in [0.29, 0.717) is 17.4 Å². The minimum absolute atomic E-state index is 0.179. The lowest BCUT2D eigenvalue weighted by molar-refractivity contribution is -0.870. The predicted octanol–water partition coefficient (Wildman–Crippen LogP) is 21.7. The summed E-state index contributed by atoms with van der Waals surface area (Å²) in [7, 11) is 5.96. The average Bonchev–Trinajstić information content (AvgIpc) is 3.59. The molecule has 0 heterocycles. The Labute approximate surface area is 534 Å². The van der Waals surface area contributed by atoms with E-state index in [1.807, 2.05) is 21.1 Å². The van der Waals surface area contributed by atoms with Gasteiger partial charge < -0.3 is 28.5 Å². The second kappa shape index (κ2) is 66.9.